The van der Waals surface area contributed by atoms with Crippen LogP contribution in [0.5, 0.6) is 0 Å². The van der Waals surface area contributed by atoms with Crippen LogP contribution in [-0.4, -0.2) is 44.8 Å². The van der Waals surface area contributed by atoms with Crippen LogP contribution in [-0.2, 0) is 4.79 Å². The lowest BCUT2D eigenvalue weighted by Gasteiger charge is -2.24. The number of hydrogen-bond acceptors (Lipinski definition) is 5. The van der Waals surface area contributed by atoms with Crippen molar-refractivity contribution < 1.29 is 4.79 Å². The first kappa shape index (κ1) is 11.4. The SMILES string of the molecule is CN1CC(=O)NN=C1c1ccc(-n2ccnc2)nc1. The molecule has 0 radical (unpaired) electrons. The summed E-state index contributed by atoms with van der Waals surface area (Å²) in [6.45, 7) is 0.294. The van der Waals surface area contributed by atoms with Crippen LogP contribution in [0.25, 0.3) is 5.82 Å². The topological polar surface area (TPSA) is 75.4 Å². The molecular weight excluding hydrogens is 244 g/mol. The zero-order chi connectivity index (χ0) is 13.2. The van der Waals surface area contributed by atoms with Gasteiger partial charge >= 0.3 is 0 Å². The van der Waals surface area contributed by atoms with Crippen LogP contribution in [0, 0.1) is 0 Å². The van der Waals surface area contributed by atoms with E-state index in [1.54, 1.807) is 23.6 Å². The molecule has 7 heteroatoms. The summed E-state index contributed by atoms with van der Waals surface area (Å²) in [7, 11) is 1.82. The molecule has 0 aliphatic carbocycles. The van der Waals surface area contributed by atoms with Gasteiger partial charge in [-0.25, -0.2) is 15.4 Å². The number of nitrogens with zero attached hydrogens (tertiary/aromatic N) is 5. The highest BCUT2D eigenvalue weighted by atomic mass is 16.2. The molecule has 0 aromatic carbocycles. The molecule has 19 heavy (non-hydrogen) atoms. The first-order valence-electron chi connectivity index (χ1n) is 5.76. The Labute approximate surface area is 109 Å². The van der Waals surface area contributed by atoms with Gasteiger partial charge in [0.15, 0.2) is 5.84 Å². The highest BCUT2D eigenvalue weighted by Crippen LogP contribution is 2.09. The predicted molar refractivity (Wildman–Crippen MR) is 68.7 cm³/mol. The molecule has 96 valence electrons. The summed E-state index contributed by atoms with van der Waals surface area (Å²) < 4.78 is 1.82. The molecule has 0 unspecified atom stereocenters. The molecule has 3 heterocycles. The smallest absolute Gasteiger partial charge is 0.259 e. The number of pyridine rings is 1. The van der Waals surface area contributed by atoms with Crippen LogP contribution in [0.3, 0.4) is 0 Å². The van der Waals surface area contributed by atoms with Crippen molar-refractivity contribution in [2.45, 2.75) is 0 Å². The lowest BCUT2D eigenvalue weighted by molar-refractivity contribution is -0.121. The number of hydrazone groups is 1. The zero-order valence-corrected chi connectivity index (χ0v) is 10.3. The quantitative estimate of drug-likeness (QED) is 0.820. The number of aromatic nitrogens is 3. The Morgan fingerprint density at radius 2 is 2.26 bits per heavy atom. The van der Waals surface area contributed by atoms with Crippen LogP contribution in [0.15, 0.2) is 42.2 Å². The van der Waals surface area contributed by atoms with Gasteiger partial charge in [0.1, 0.15) is 12.1 Å². The molecule has 7 nitrogen and oxygen atoms in total. The van der Waals surface area contributed by atoms with Gasteiger partial charge in [0, 0.05) is 31.2 Å². The van der Waals surface area contributed by atoms with Crippen molar-refractivity contribution in [2.24, 2.45) is 5.10 Å². The van der Waals surface area contributed by atoms with Crippen molar-refractivity contribution in [3.63, 3.8) is 0 Å². The van der Waals surface area contributed by atoms with Gasteiger partial charge in [0.2, 0.25) is 0 Å². The van der Waals surface area contributed by atoms with E-state index in [1.807, 2.05) is 29.9 Å². The third kappa shape index (κ3) is 2.17. The maximum Gasteiger partial charge on any atom is 0.259 e. The Morgan fingerprint density at radius 3 is 2.89 bits per heavy atom. The molecule has 0 spiro atoms. The molecular formula is C12H12N6O. The van der Waals surface area contributed by atoms with Gasteiger partial charge in [0.25, 0.3) is 5.91 Å². The Hall–Kier alpha value is -2.70. The van der Waals surface area contributed by atoms with Gasteiger partial charge in [-0.05, 0) is 12.1 Å². The number of rotatable bonds is 2. The molecule has 1 N–H and O–H groups in total. The minimum absolute atomic E-state index is 0.116. The second-order valence-corrected chi connectivity index (χ2v) is 4.20. The molecule has 2 aromatic heterocycles. The number of likely N-dealkylation sites (N-methyl/N-ethyl adjacent to an activating group) is 1. The summed E-state index contributed by atoms with van der Waals surface area (Å²) in [6.07, 6.45) is 6.94. The van der Waals surface area contributed by atoms with Crippen LogP contribution in [0.2, 0.25) is 0 Å². The van der Waals surface area contributed by atoms with E-state index in [9.17, 15) is 4.79 Å². The monoisotopic (exact) mass is 256 g/mol. The average molecular weight is 256 g/mol. The van der Waals surface area contributed by atoms with E-state index >= 15 is 0 Å². The lowest BCUT2D eigenvalue weighted by Crippen LogP contribution is -2.43. The van der Waals surface area contributed by atoms with Crippen molar-refractivity contribution in [3.8, 4) is 5.82 Å². The molecule has 1 amide bonds. The van der Waals surface area contributed by atoms with Crippen LogP contribution in [0.4, 0.5) is 0 Å². The largest absolute Gasteiger partial charge is 0.348 e. The molecule has 1 aliphatic heterocycles. The molecule has 0 atom stereocenters. The molecule has 1 aliphatic rings. The Kier molecular flexibility index (Phi) is 2.71. The van der Waals surface area contributed by atoms with Gasteiger partial charge in [-0.15, -0.1) is 0 Å². The maximum atomic E-state index is 11.2. The average Bonchev–Trinajstić information content (AvgIpc) is 2.93. The fourth-order valence-electron chi connectivity index (χ4n) is 1.88. The number of imidazole rings is 1. The molecule has 3 rings (SSSR count). The van der Waals surface area contributed by atoms with E-state index in [2.05, 4.69) is 20.5 Å². The van der Waals surface area contributed by atoms with E-state index in [0.717, 1.165) is 11.4 Å². The normalized spacial score (nSPS) is 15.1. The van der Waals surface area contributed by atoms with E-state index in [0.29, 0.717) is 12.4 Å². The summed E-state index contributed by atoms with van der Waals surface area (Å²) in [5.41, 5.74) is 3.32. The van der Waals surface area contributed by atoms with Crippen molar-refractivity contribution in [2.75, 3.05) is 13.6 Å². The number of nitrogens with one attached hydrogen (secondary N) is 1. The second kappa shape index (κ2) is 4.52. The fourth-order valence-corrected chi connectivity index (χ4v) is 1.88. The first-order valence-corrected chi connectivity index (χ1v) is 5.76. The third-order valence-electron chi connectivity index (χ3n) is 2.80. The molecule has 2 aromatic rings. The summed E-state index contributed by atoms with van der Waals surface area (Å²) in [6, 6.07) is 3.79. The summed E-state index contributed by atoms with van der Waals surface area (Å²) in [5, 5.41) is 4.04. The van der Waals surface area contributed by atoms with Crippen molar-refractivity contribution >= 4 is 11.7 Å². The van der Waals surface area contributed by atoms with E-state index < -0.39 is 0 Å². The number of carbonyl (C=O) groups is 1. The minimum atomic E-state index is -0.116. The van der Waals surface area contributed by atoms with E-state index in [-0.39, 0.29) is 5.91 Å². The van der Waals surface area contributed by atoms with Crippen LogP contribution in [0.1, 0.15) is 5.56 Å². The second-order valence-electron chi connectivity index (χ2n) is 4.20. The summed E-state index contributed by atoms with van der Waals surface area (Å²) in [5.74, 6) is 1.36. The van der Waals surface area contributed by atoms with Gasteiger partial charge in [0.05, 0.1) is 6.54 Å². The Bertz CT molecular complexity index is 616. The van der Waals surface area contributed by atoms with Crippen LogP contribution >= 0.6 is 0 Å². The summed E-state index contributed by atoms with van der Waals surface area (Å²) in [4.78, 5) is 21.3. The molecule has 0 saturated heterocycles. The lowest BCUT2D eigenvalue weighted by atomic mass is 10.2. The standard InChI is InChI=1S/C12H12N6O/c1-17-7-11(19)15-16-12(17)9-2-3-10(14-6-9)18-5-4-13-8-18/h2-6,8H,7H2,1H3,(H,15,19). The predicted octanol–water partition coefficient (Wildman–Crippen LogP) is -0.00950. The van der Waals surface area contributed by atoms with Crippen molar-refractivity contribution in [1.82, 2.24) is 24.9 Å². The summed E-state index contributed by atoms with van der Waals surface area (Å²) >= 11 is 0. The highest BCUT2D eigenvalue weighted by molar-refractivity contribution is 6.02. The molecule has 0 bridgehead atoms. The first-order chi connectivity index (χ1) is 9.24. The minimum Gasteiger partial charge on any atom is -0.348 e. The van der Waals surface area contributed by atoms with E-state index in [4.69, 9.17) is 0 Å². The molecule has 0 saturated carbocycles. The fraction of sp³-hybridized carbons (Fsp3) is 0.167. The third-order valence-corrected chi connectivity index (χ3v) is 2.80. The van der Waals surface area contributed by atoms with Crippen LogP contribution < -0.4 is 5.43 Å². The van der Waals surface area contributed by atoms with Crippen molar-refractivity contribution in [3.05, 3.63) is 42.6 Å². The Balaban J connectivity index is 1.89. The Morgan fingerprint density at radius 1 is 1.37 bits per heavy atom. The highest BCUT2D eigenvalue weighted by Gasteiger charge is 2.18. The maximum absolute atomic E-state index is 11.2. The number of amides is 1. The van der Waals surface area contributed by atoms with Gasteiger partial charge < -0.3 is 4.90 Å². The van der Waals surface area contributed by atoms with Crippen molar-refractivity contribution in [1.29, 1.82) is 0 Å². The number of amidine groups is 1. The van der Waals surface area contributed by atoms with Gasteiger partial charge in [-0.2, -0.15) is 5.10 Å². The molecule has 0 fully saturated rings. The van der Waals surface area contributed by atoms with E-state index in [1.165, 1.54) is 0 Å². The number of carbonyl (C=O) groups excluding carboxylic acids is 1. The van der Waals surface area contributed by atoms with Gasteiger partial charge in [-0.1, -0.05) is 0 Å². The zero-order valence-electron chi connectivity index (χ0n) is 10.3. The number of hydrogen-bond donors (Lipinski definition) is 1. The van der Waals surface area contributed by atoms with Gasteiger partial charge in [-0.3, -0.25) is 9.36 Å².